The monoisotopic (exact) mass is 235 g/mol. The van der Waals surface area contributed by atoms with Crippen LogP contribution in [0.1, 0.15) is 31.1 Å². The van der Waals surface area contributed by atoms with Crippen molar-refractivity contribution in [3.8, 4) is 0 Å². The summed E-state index contributed by atoms with van der Waals surface area (Å²) in [6, 6.07) is 8.73. The van der Waals surface area contributed by atoms with Gasteiger partial charge in [-0.1, -0.05) is 30.3 Å². The molecule has 0 heterocycles. The van der Waals surface area contributed by atoms with Gasteiger partial charge < -0.3 is 10.1 Å². The lowest BCUT2D eigenvalue weighted by Gasteiger charge is -2.19. The van der Waals surface area contributed by atoms with Crippen molar-refractivity contribution < 1.29 is 14.3 Å². The Kier molecular flexibility index (Phi) is 4.26. The molecule has 0 radical (unpaired) electrons. The Morgan fingerprint density at radius 3 is 2.29 bits per heavy atom. The number of carbonyl (C=O) groups is 2. The smallest absolute Gasteiger partial charge is 0.407 e. The average Bonchev–Trinajstić information content (AvgIpc) is 2.25. The van der Waals surface area contributed by atoms with E-state index in [1.165, 1.54) is 0 Å². The molecule has 0 aliphatic rings. The first-order valence-electron chi connectivity index (χ1n) is 5.42. The quantitative estimate of drug-likeness (QED) is 0.818. The second-order valence-corrected chi connectivity index (χ2v) is 4.74. The van der Waals surface area contributed by atoms with Gasteiger partial charge in [-0.3, -0.25) is 4.79 Å². The highest BCUT2D eigenvalue weighted by molar-refractivity contribution is 5.97. The van der Waals surface area contributed by atoms with E-state index in [0.29, 0.717) is 5.56 Å². The summed E-state index contributed by atoms with van der Waals surface area (Å²) in [5.41, 5.74) is 0.170. The first-order chi connectivity index (χ1) is 7.88. The van der Waals surface area contributed by atoms with E-state index in [1.54, 1.807) is 24.3 Å². The van der Waals surface area contributed by atoms with Gasteiger partial charge in [-0.25, -0.2) is 4.79 Å². The number of hydrogen-bond acceptors (Lipinski definition) is 3. The molecule has 0 bridgehead atoms. The highest BCUT2D eigenvalue weighted by atomic mass is 16.6. The fourth-order valence-electron chi connectivity index (χ4n) is 1.18. The summed E-state index contributed by atoms with van der Waals surface area (Å²) in [5, 5.41) is 2.61. The van der Waals surface area contributed by atoms with E-state index in [0.717, 1.165) is 0 Å². The molecular weight excluding hydrogens is 218 g/mol. The van der Waals surface area contributed by atoms with Gasteiger partial charge in [0.05, 0.1) is 0 Å². The van der Waals surface area contributed by atoms with Crippen molar-refractivity contribution in [1.29, 1.82) is 0 Å². The van der Waals surface area contributed by atoms with E-state index < -0.39 is 6.09 Å². The third-order valence-corrected chi connectivity index (χ3v) is 1.91. The number of alkyl carbamates (subject to hydrolysis) is 1. The van der Waals surface area contributed by atoms with E-state index in [2.05, 4.69) is 5.32 Å². The molecular formula is C13H17NO3. The van der Waals surface area contributed by atoms with Gasteiger partial charge in [-0.2, -0.15) is 0 Å². The fraction of sp³-hybridized carbons (Fsp3) is 0.385. The Balaban J connectivity index is 2.42. The number of nitrogens with one attached hydrogen (secondary N) is 1. The largest absolute Gasteiger partial charge is 0.441 e. The molecule has 4 heteroatoms. The number of ketones is 1. The van der Waals surface area contributed by atoms with Crippen molar-refractivity contribution in [2.75, 3.05) is 6.61 Å². The fourth-order valence-corrected chi connectivity index (χ4v) is 1.18. The highest BCUT2D eigenvalue weighted by Gasteiger charge is 2.15. The second-order valence-electron chi connectivity index (χ2n) is 4.74. The van der Waals surface area contributed by atoms with Crippen LogP contribution < -0.4 is 5.32 Å². The lowest BCUT2D eigenvalue weighted by molar-refractivity contribution is 0.0832. The summed E-state index contributed by atoms with van der Waals surface area (Å²) < 4.78 is 4.83. The maximum Gasteiger partial charge on any atom is 0.407 e. The number of Topliss-reactive ketones (excluding diaryl/α,β-unsaturated/α-hetero) is 1. The zero-order chi connectivity index (χ0) is 12.9. The van der Waals surface area contributed by atoms with Crippen molar-refractivity contribution in [1.82, 2.24) is 5.32 Å². The van der Waals surface area contributed by atoms with Gasteiger partial charge in [0.1, 0.15) is 0 Å². The van der Waals surface area contributed by atoms with Crippen molar-refractivity contribution in [2.45, 2.75) is 26.3 Å². The maximum atomic E-state index is 11.6. The van der Waals surface area contributed by atoms with Crippen molar-refractivity contribution in [3.05, 3.63) is 35.9 Å². The van der Waals surface area contributed by atoms with Crippen molar-refractivity contribution in [3.63, 3.8) is 0 Å². The van der Waals surface area contributed by atoms with Gasteiger partial charge in [0.2, 0.25) is 0 Å². The van der Waals surface area contributed by atoms with E-state index in [9.17, 15) is 9.59 Å². The van der Waals surface area contributed by atoms with Crippen LogP contribution in [0, 0.1) is 0 Å². The van der Waals surface area contributed by atoms with Gasteiger partial charge >= 0.3 is 6.09 Å². The van der Waals surface area contributed by atoms with Crippen LogP contribution >= 0.6 is 0 Å². The molecule has 92 valence electrons. The Hall–Kier alpha value is -1.84. The predicted molar refractivity (Wildman–Crippen MR) is 65.0 cm³/mol. The van der Waals surface area contributed by atoms with Crippen molar-refractivity contribution in [2.24, 2.45) is 0 Å². The van der Waals surface area contributed by atoms with Crippen LogP contribution in [-0.2, 0) is 4.74 Å². The van der Waals surface area contributed by atoms with Crippen LogP contribution in [-0.4, -0.2) is 24.0 Å². The normalized spacial score (nSPS) is 10.8. The zero-order valence-corrected chi connectivity index (χ0v) is 10.3. The van der Waals surface area contributed by atoms with Crippen LogP contribution in [0.5, 0.6) is 0 Å². The molecule has 0 fully saturated rings. The van der Waals surface area contributed by atoms with Crippen molar-refractivity contribution >= 4 is 11.9 Å². The number of hydrogen-bond donors (Lipinski definition) is 1. The summed E-state index contributed by atoms with van der Waals surface area (Å²) in [5.74, 6) is -0.213. The standard InChI is InChI=1S/C13H17NO3/c1-13(2,3)14-12(16)17-9-11(15)10-7-5-4-6-8-10/h4-8H,9H2,1-3H3,(H,14,16). The molecule has 1 aromatic rings. The summed E-state index contributed by atoms with van der Waals surface area (Å²) in [6.45, 7) is 5.28. The number of amides is 1. The van der Waals surface area contributed by atoms with E-state index in [-0.39, 0.29) is 17.9 Å². The van der Waals surface area contributed by atoms with Gasteiger partial charge in [0.25, 0.3) is 0 Å². The molecule has 1 aromatic carbocycles. The summed E-state index contributed by atoms with van der Waals surface area (Å²) in [7, 11) is 0. The minimum absolute atomic E-state index is 0.213. The van der Waals surface area contributed by atoms with Crippen LogP contribution in [0.25, 0.3) is 0 Å². The van der Waals surface area contributed by atoms with E-state index >= 15 is 0 Å². The summed E-state index contributed by atoms with van der Waals surface area (Å²) in [6.07, 6.45) is -0.582. The third-order valence-electron chi connectivity index (χ3n) is 1.91. The molecule has 0 saturated carbocycles. The lowest BCUT2D eigenvalue weighted by Crippen LogP contribution is -2.41. The molecule has 1 amide bonds. The van der Waals surface area contributed by atoms with Gasteiger partial charge in [-0.15, -0.1) is 0 Å². The Morgan fingerprint density at radius 1 is 1.18 bits per heavy atom. The molecule has 0 spiro atoms. The first-order valence-corrected chi connectivity index (χ1v) is 5.42. The maximum absolute atomic E-state index is 11.6. The lowest BCUT2D eigenvalue weighted by atomic mass is 10.1. The van der Waals surface area contributed by atoms with Gasteiger partial charge in [0, 0.05) is 11.1 Å². The SMILES string of the molecule is CC(C)(C)NC(=O)OCC(=O)c1ccccc1. The second kappa shape index (κ2) is 5.48. The molecule has 17 heavy (non-hydrogen) atoms. The molecule has 0 aliphatic carbocycles. The number of carbonyl (C=O) groups excluding carboxylic acids is 2. The third kappa shape index (κ3) is 5.15. The van der Waals surface area contributed by atoms with E-state index in [4.69, 9.17) is 4.74 Å². The number of ether oxygens (including phenoxy) is 1. The van der Waals surface area contributed by atoms with Crippen LogP contribution in [0.15, 0.2) is 30.3 Å². The number of benzene rings is 1. The molecule has 0 saturated heterocycles. The topological polar surface area (TPSA) is 55.4 Å². The zero-order valence-electron chi connectivity index (χ0n) is 10.3. The Morgan fingerprint density at radius 2 is 1.76 bits per heavy atom. The highest BCUT2D eigenvalue weighted by Crippen LogP contribution is 2.02. The summed E-state index contributed by atoms with van der Waals surface area (Å²) >= 11 is 0. The predicted octanol–water partition coefficient (Wildman–Crippen LogP) is 2.39. The van der Waals surface area contributed by atoms with Gasteiger partial charge in [0.15, 0.2) is 12.4 Å². The van der Waals surface area contributed by atoms with Gasteiger partial charge in [-0.05, 0) is 20.8 Å². The average molecular weight is 235 g/mol. The minimum atomic E-state index is -0.582. The van der Waals surface area contributed by atoms with Crippen LogP contribution in [0.2, 0.25) is 0 Å². The van der Waals surface area contributed by atoms with E-state index in [1.807, 2.05) is 26.8 Å². The first kappa shape index (κ1) is 13.2. The molecule has 0 aromatic heterocycles. The minimum Gasteiger partial charge on any atom is -0.441 e. The molecule has 4 nitrogen and oxygen atoms in total. The molecule has 1 rings (SSSR count). The summed E-state index contributed by atoms with van der Waals surface area (Å²) in [4.78, 5) is 22.9. The molecule has 0 aliphatic heterocycles. The number of rotatable bonds is 3. The Bertz CT molecular complexity index is 393. The molecule has 1 N–H and O–H groups in total. The molecule has 0 atom stereocenters. The van der Waals surface area contributed by atoms with Crippen LogP contribution in [0.4, 0.5) is 4.79 Å². The van der Waals surface area contributed by atoms with Crippen LogP contribution in [0.3, 0.4) is 0 Å². The Labute approximate surface area is 101 Å². The molecule has 0 unspecified atom stereocenters.